The van der Waals surface area contributed by atoms with Crippen molar-refractivity contribution in [3.8, 4) is 0 Å². The lowest BCUT2D eigenvalue weighted by atomic mass is 10.0. The summed E-state index contributed by atoms with van der Waals surface area (Å²) >= 11 is 0. The second-order valence-corrected chi connectivity index (χ2v) is 8.00. The smallest absolute Gasteiger partial charge is 0.353 e. The number of halogens is 6. The van der Waals surface area contributed by atoms with Gasteiger partial charge in [0, 0.05) is 38.3 Å². The maximum Gasteiger partial charge on any atom is 0.416 e. The highest BCUT2D eigenvalue weighted by Crippen LogP contribution is 2.36. The standard InChI is InChI=1S/C20H24F6N4O2/c1-2-16-8-15(10-30(16)18(32)29-4-3-27-17(31)11-29)28-9-12-5-13(19(21,22)23)7-14(6-12)20(24,25)26/h5-7,15-16,28H,2-4,8-11H2,1H3,(H,27,31)/t15-,16+/m0/s1. The Labute approximate surface area is 180 Å². The van der Waals surface area contributed by atoms with Crippen LogP contribution in [0.4, 0.5) is 31.1 Å². The van der Waals surface area contributed by atoms with Gasteiger partial charge in [-0.25, -0.2) is 4.79 Å². The van der Waals surface area contributed by atoms with Crippen LogP contribution in [0, 0.1) is 0 Å². The first-order chi connectivity index (χ1) is 14.9. The molecular weight excluding hydrogens is 442 g/mol. The second-order valence-electron chi connectivity index (χ2n) is 8.00. The number of nitrogens with zero attached hydrogens (tertiary/aromatic N) is 2. The summed E-state index contributed by atoms with van der Waals surface area (Å²) in [7, 11) is 0. The molecule has 2 saturated heterocycles. The number of amides is 3. The molecule has 0 aromatic heterocycles. The van der Waals surface area contributed by atoms with Crippen LogP contribution < -0.4 is 10.6 Å². The van der Waals surface area contributed by atoms with Crippen molar-refractivity contribution in [3.63, 3.8) is 0 Å². The van der Waals surface area contributed by atoms with Gasteiger partial charge in [-0.3, -0.25) is 4.79 Å². The van der Waals surface area contributed by atoms with Crippen LogP contribution in [-0.4, -0.2) is 60.0 Å². The van der Waals surface area contributed by atoms with Crippen molar-refractivity contribution in [3.05, 3.63) is 34.9 Å². The molecule has 32 heavy (non-hydrogen) atoms. The number of alkyl halides is 6. The van der Waals surface area contributed by atoms with E-state index in [1.54, 1.807) is 4.90 Å². The molecule has 3 rings (SSSR count). The van der Waals surface area contributed by atoms with E-state index in [-0.39, 0.29) is 55.3 Å². The minimum absolute atomic E-state index is 0.0473. The summed E-state index contributed by atoms with van der Waals surface area (Å²) in [5.74, 6) is -0.253. The van der Waals surface area contributed by atoms with Crippen LogP contribution >= 0.6 is 0 Å². The molecule has 0 spiro atoms. The molecule has 178 valence electrons. The van der Waals surface area contributed by atoms with Crippen molar-refractivity contribution in [2.45, 2.75) is 50.7 Å². The Balaban J connectivity index is 1.69. The summed E-state index contributed by atoms with van der Waals surface area (Å²) in [5, 5.41) is 5.63. The maximum absolute atomic E-state index is 13.1. The van der Waals surface area contributed by atoms with E-state index in [1.807, 2.05) is 6.92 Å². The Kier molecular flexibility index (Phi) is 6.91. The Bertz CT molecular complexity index is 825. The van der Waals surface area contributed by atoms with E-state index in [0.717, 1.165) is 0 Å². The number of hydrogen-bond acceptors (Lipinski definition) is 3. The van der Waals surface area contributed by atoms with E-state index in [0.29, 0.717) is 38.1 Å². The zero-order valence-electron chi connectivity index (χ0n) is 17.3. The highest BCUT2D eigenvalue weighted by molar-refractivity contribution is 5.85. The van der Waals surface area contributed by atoms with Crippen LogP contribution in [0.5, 0.6) is 0 Å². The highest BCUT2D eigenvalue weighted by Gasteiger charge is 2.39. The minimum atomic E-state index is -4.90. The molecule has 2 aliphatic heterocycles. The zero-order chi connectivity index (χ0) is 23.7. The molecule has 0 saturated carbocycles. The third-order valence-electron chi connectivity index (χ3n) is 5.68. The van der Waals surface area contributed by atoms with Gasteiger partial charge < -0.3 is 20.4 Å². The van der Waals surface area contributed by atoms with Crippen LogP contribution in [0.25, 0.3) is 0 Å². The number of nitrogens with one attached hydrogen (secondary N) is 2. The maximum atomic E-state index is 13.1. The third-order valence-corrected chi connectivity index (χ3v) is 5.68. The fourth-order valence-electron chi connectivity index (χ4n) is 4.05. The van der Waals surface area contributed by atoms with E-state index < -0.39 is 23.5 Å². The van der Waals surface area contributed by atoms with Crippen molar-refractivity contribution >= 4 is 11.9 Å². The van der Waals surface area contributed by atoms with Crippen LogP contribution in [0.2, 0.25) is 0 Å². The number of rotatable bonds is 4. The fraction of sp³-hybridized carbons (Fsp3) is 0.600. The normalized spacial score (nSPS) is 22.3. The highest BCUT2D eigenvalue weighted by atomic mass is 19.4. The molecule has 12 heteroatoms. The van der Waals surface area contributed by atoms with Gasteiger partial charge in [0.15, 0.2) is 0 Å². The molecule has 0 radical (unpaired) electrons. The molecule has 1 aromatic carbocycles. The lowest BCUT2D eigenvalue weighted by Gasteiger charge is -2.33. The molecule has 2 heterocycles. The quantitative estimate of drug-likeness (QED) is 0.670. The minimum Gasteiger partial charge on any atom is -0.353 e. The molecular formula is C20H24F6N4O2. The predicted octanol–water partition coefficient (Wildman–Crippen LogP) is 3.22. The number of hydrogen-bond donors (Lipinski definition) is 2. The average molecular weight is 466 g/mol. The van der Waals surface area contributed by atoms with E-state index in [1.165, 1.54) is 4.90 Å². The van der Waals surface area contributed by atoms with Crippen molar-refractivity contribution in [1.82, 2.24) is 20.4 Å². The molecule has 2 aliphatic rings. The van der Waals surface area contributed by atoms with E-state index in [4.69, 9.17) is 0 Å². The average Bonchev–Trinajstić information content (AvgIpc) is 3.13. The van der Waals surface area contributed by atoms with Gasteiger partial charge in [0.05, 0.1) is 11.1 Å². The van der Waals surface area contributed by atoms with Gasteiger partial charge in [-0.15, -0.1) is 0 Å². The van der Waals surface area contributed by atoms with Crippen LogP contribution in [-0.2, 0) is 23.7 Å². The number of likely N-dealkylation sites (tertiary alicyclic amines) is 1. The van der Waals surface area contributed by atoms with E-state index >= 15 is 0 Å². The largest absolute Gasteiger partial charge is 0.416 e. The van der Waals surface area contributed by atoms with E-state index in [2.05, 4.69) is 10.6 Å². The number of piperazine rings is 1. The van der Waals surface area contributed by atoms with Gasteiger partial charge in [0.2, 0.25) is 5.91 Å². The van der Waals surface area contributed by atoms with Crippen molar-refractivity contribution in [2.75, 3.05) is 26.2 Å². The predicted molar refractivity (Wildman–Crippen MR) is 102 cm³/mol. The first-order valence-corrected chi connectivity index (χ1v) is 10.2. The van der Waals surface area contributed by atoms with Crippen molar-refractivity contribution in [2.24, 2.45) is 0 Å². The Morgan fingerprint density at radius 1 is 1.12 bits per heavy atom. The van der Waals surface area contributed by atoms with Crippen LogP contribution in [0.3, 0.4) is 0 Å². The Hall–Kier alpha value is -2.50. The monoisotopic (exact) mass is 466 g/mol. The number of urea groups is 1. The van der Waals surface area contributed by atoms with Crippen LogP contribution in [0.15, 0.2) is 18.2 Å². The molecule has 3 amide bonds. The summed E-state index contributed by atoms with van der Waals surface area (Å²) in [6.45, 7) is 2.61. The first-order valence-electron chi connectivity index (χ1n) is 10.2. The number of benzene rings is 1. The molecule has 0 aliphatic carbocycles. The fourth-order valence-corrected chi connectivity index (χ4v) is 4.05. The first kappa shape index (κ1) is 24.1. The topological polar surface area (TPSA) is 64.7 Å². The van der Waals surface area contributed by atoms with Gasteiger partial charge >= 0.3 is 18.4 Å². The summed E-state index contributed by atoms with van der Waals surface area (Å²) < 4.78 is 78.3. The SMILES string of the molecule is CC[C@@H]1C[C@H](NCc2cc(C(F)(F)F)cc(C(F)(F)F)c2)CN1C(=O)N1CCNC(=O)C1. The zero-order valence-corrected chi connectivity index (χ0v) is 17.3. The Morgan fingerprint density at radius 2 is 1.75 bits per heavy atom. The second kappa shape index (κ2) is 9.16. The lowest BCUT2D eigenvalue weighted by molar-refractivity contribution is -0.143. The number of carbonyl (C=O) groups is 2. The summed E-state index contributed by atoms with van der Waals surface area (Å²) in [5.41, 5.74) is -2.86. The molecule has 0 bridgehead atoms. The Morgan fingerprint density at radius 3 is 2.28 bits per heavy atom. The van der Waals surface area contributed by atoms with Gasteiger partial charge in [0.1, 0.15) is 6.54 Å². The molecule has 1 aromatic rings. The van der Waals surface area contributed by atoms with Gasteiger partial charge in [-0.1, -0.05) is 6.92 Å². The molecule has 2 N–H and O–H groups in total. The van der Waals surface area contributed by atoms with Gasteiger partial charge in [-0.2, -0.15) is 26.3 Å². The lowest BCUT2D eigenvalue weighted by Crippen LogP contribution is -2.55. The van der Waals surface area contributed by atoms with Gasteiger partial charge in [0.25, 0.3) is 0 Å². The summed E-state index contributed by atoms with van der Waals surface area (Å²) in [6, 6.07) is 0.757. The summed E-state index contributed by atoms with van der Waals surface area (Å²) in [4.78, 5) is 27.5. The summed E-state index contributed by atoms with van der Waals surface area (Å²) in [6.07, 6.45) is -8.67. The molecule has 2 fully saturated rings. The number of carbonyl (C=O) groups excluding carboxylic acids is 2. The van der Waals surface area contributed by atoms with E-state index in [9.17, 15) is 35.9 Å². The van der Waals surface area contributed by atoms with Gasteiger partial charge in [-0.05, 0) is 36.6 Å². The van der Waals surface area contributed by atoms with Crippen molar-refractivity contribution in [1.29, 1.82) is 0 Å². The molecule has 2 atom stereocenters. The van der Waals surface area contributed by atoms with Crippen molar-refractivity contribution < 1.29 is 35.9 Å². The third kappa shape index (κ3) is 5.64. The molecule has 6 nitrogen and oxygen atoms in total. The molecule has 0 unspecified atom stereocenters. The van der Waals surface area contributed by atoms with Crippen LogP contribution in [0.1, 0.15) is 36.5 Å².